The van der Waals surface area contributed by atoms with Gasteiger partial charge in [0.2, 0.25) is 0 Å². The molecule has 0 bridgehead atoms. The van der Waals surface area contributed by atoms with Crippen LogP contribution in [0.5, 0.6) is 11.5 Å². The Morgan fingerprint density at radius 1 is 1.03 bits per heavy atom. The van der Waals surface area contributed by atoms with Crippen molar-refractivity contribution in [3.63, 3.8) is 0 Å². The fourth-order valence-electron chi connectivity index (χ4n) is 3.77. The van der Waals surface area contributed by atoms with Gasteiger partial charge in [-0.25, -0.2) is 8.78 Å². The molecule has 0 radical (unpaired) electrons. The summed E-state index contributed by atoms with van der Waals surface area (Å²) in [6.07, 6.45) is 2.11. The lowest BCUT2D eigenvalue weighted by molar-refractivity contribution is 0.0787. The molecule has 0 aliphatic heterocycles. The van der Waals surface area contributed by atoms with E-state index in [0.29, 0.717) is 41.3 Å². The van der Waals surface area contributed by atoms with Gasteiger partial charge in [0.05, 0.1) is 32.5 Å². The highest BCUT2D eigenvalue weighted by molar-refractivity contribution is 5.97. The Balaban J connectivity index is 1.55. The molecule has 0 saturated carbocycles. The number of benzene rings is 2. The average molecular weight is 454 g/mol. The van der Waals surface area contributed by atoms with Crippen molar-refractivity contribution < 1.29 is 27.5 Å². The lowest BCUT2D eigenvalue weighted by Gasteiger charge is -2.19. The molecule has 0 aliphatic carbocycles. The van der Waals surface area contributed by atoms with Crippen LogP contribution >= 0.6 is 0 Å². The third kappa shape index (κ3) is 4.55. The summed E-state index contributed by atoms with van der Waals surface area (Å²) in [4.78, 5) is 14.9. The van der Waals surface area contributed by atoms with E-state index >= 15 is 0 Å². The summed E-state index contributed by atoms with van der Waals surface area (Å²) < 4.78 is 45.4. The molecule has 8 heteroatoms. The zero-order valence-corrected chi connectivity index (χ0v) is 18.6. The lowest BCUT2D eigenvalue weighted by Crippen LogP contribution is -2.30. The number of halogens is 2. The van der Waals surface area contributed by atoms with E-state index in [1.807, 2.05) is 18.2 Å². The van der Waals surface area contributed by atoms with Crippen LogP contribution in [-0.2, 0) is 13.0 Å². The van der Waals surface area contributed by atoms with Crippen molar-refractivity contribution >= 4 is 17.0 Å². The molecular formula is C25H24F2N2O4. The maximum absolute atomic E-state index is 14.3. The van der Waals surface area contributed by atoms with Crippen LogP contribution in [-0.4, -0.2) is 43.2 Å². The monoisotopic (exact) mass is 454 g/mol. The van der Waals surface area contributed by atoms with Crippen LogP contribution in [0.3, 0.4) is 0 Å². The zero-order valence-electron chi connectivity index (χ0n) is 18.6. The Hall–Kier alpha value is -3.81. The van der Waals surface area contributed by atoms with Gasteiger partial charge in [-0.1, -0.05) is 12.1 Å². The maximum atomic E-state index is 14.3. The van der Waals surface area contributed by atoms with Crippen LogP contribution in [0.25, 0.3) is 11.1 Å². The Morgan fingerprint density at radius 2 is 1.82 bits per heavy atom. The van der Waals surface area contributed by atoms with Crippen LogP contribution in [0, 0.1) is 11.6 Å². The first-order chi connectivity index (χ1) is 15.9. The standard InChI is InChI=1S/C25H24F2N2O4/c1-28(10-8-16-4-7-22(31-2)24(12-16)32-3)25(30)21-14-23-20(9-11-33-23)29(21)15-17-5-6-18(26)13-19(17)27/h4-7,9,11-14H,8,10,15H2,1-3H3. The average Bonchev–Trinajstić information content (AvgIpc) is 3.40. The Morgan fingerprint density at radius 3 is 2.55 bits per heavy atom. The van der Waals surface area contributed by atoms with E-state index in [0.717, 1.165) is 11.6 Å². The van der Waals surface area contributed by atoms with Crippen molar-refractivity contribution in [2.45, 2.75) is 13.0 Å². The number of likely N-dealkylation sites (N-methyl/N-ethyl adjacent to an activating group) is 1. The molecular weight excluding hydrogens is 430 g/mol. The van der Waals surface area contributed by atoms with Crippen molar-refractivity contribution in [1.82, 2.24) is 9.47 Å². The number of rotatable bonds is 8. The molecule has 2 aromatic heterocycles. The number of hydrogen-bond acceptors (Lipinski definition) is 4. The number of amides is 1. The van der Waals surface area contributed by atoms with Gasteiger partial charge in [0.1, 0.15) is 17.3 Å². The topological polar surface area (TPSA) is 56.8 Å². The molecule has 2 heterocycles. The van der Waals surface area contributed by atoms with Gasteiger partial charge in [0.15, 0.2) is 17.1 Å². The van der Waals surface area contributed by atoms with Crippen LogP contribution in [0.1, 0.15) is 21.6 Å². The summed E-state index contributed by atoms with van der Waals surface area (Å²) in [5.41, 5.74) is 2.81. The predicted octanol–water partition coefficient (Wildman–Crippen LogP) is 4.89. The van der Waals surface area contributed by atoms with Crippen molar-refractivity contribution in [2.75, 3.05) is 27.8 Å². The fourth-order valence-corrected chi connectivity index (χ4v) is 3.77. The van der Waals surface area contributed by atoms with E-state index in [1.54, 1.807) is 42.9 Å². The maximum Gasteiger partial charge on any atom is 0.270 e. The largest absolute Gasteiger partial charge is 0.493 e. The second kappa shape index (κ2) is 9.36. The summed E-state index contributed by atoms with van der Waals surface area (Å²) in [7, 11) is 4.86. The number of carbonyl (C=O) groups is 1. The SMILES string of the molecule is COc1ccc(CCN(C)C(=O)c2cc3occc3n2Cc2ccc(F)cc2F)cc1OC. The minimum atomic E-state index is -0.666. The van der Waals surface area contributed by atoms with Gasteiger partial charge in [0.25, 0.3) is 5.91 Å². The molecule has 0 unspecified atom stereocenters. The minimum absolute atomic E-state index is 0.0692. The van der Waals surface area contributed by atoms with Crippen molar-refractivity contribution in [1.29, 1.82) is 0 Å². The smallest absolute Gasteiger partial charge is 0.270 e. The van der Waals surface area contributed by atoms with Gasteiger partial charge in [-0.2, -0.15) is 0 Å². The highest BCUT2D eigenvalue weighted by Gasteiger charge is 2.21. The van der Waals surface area contributed by atoms with Gasteiger partial charge in [-0.3, -0.25) is 4.79 Å². The number of ether oxygens (including phenoxy) is 2. The number of fused-ring (bicyclic) bond motifs is 1. The minimum Gasteiger partial charge on any atom is -0.493 e. The first-order valence-corrected chi connectivity index (χ1v) is 10.4. The number of aromatic nitrogens is 1. The summed E-state index contributed by atoms with van der Waals surface area (Å²) in [5, 5.41) is 0. The van der Waals surface area contributed by atoms with E-state index in [9.17, 15) is 13.6 Å². The molecule has 4 rings (SSSR count). The Labute approximate surface area is 189 Å². The van der Waals surface area contributed by atoms with Crippen LogP contribution in [0.4, 0.5) is 8.78 Å². The second-order valence-corrected chi connectivity index (χ2v) is 7.69. The molecule has 6 nitrogen and oxygen atoms in total. The van der Waals surface area contributed by atoms with Gasteiger partial charge < -0.3 is 23.4 Å². The number of hydrogen-bond donors (Lipinski definition) is 0. The van der Waals surface area contributed by atoms with E-state index in [-0.39, 0.29) is 18.0 Å². The number of methoxy groups -OCH3 is 2. The van der Waals surface area contributed by atoms with Gasteiger partial charge >= 0.3 is 0 Å². The highest BCUT2D eigenvalue weighted by atomic mass is 19.1. The number of nitrogens with zero attached hydrogens (tertiary/aromatic N) is 2. The van der Waals surface area contributed by atoms with E-state index < -0.39 is 11.6 Å². The quantitative estimate of drug-likeness (QED) is 0.380. The molecule has 2 aromatic carbocycles. The molecule has 1 amide bonds. The molecule has 0 saturated heterocycles. The van der Waals surface area contributed by atoms with Gasteiger partial charge in [-0.15, -0.1) is 0 Å². The van der Waals surface area contributed by atoms with Gasteiger partial charge in [-0.05, 0) is 30.2 Å². The molecule has 172 valence electrons. The van der Waals surface area contributed by atoms with Crippen molar-refractivity contribution in [3.8, 4) is 11.5 Å². The molecule has 33 heavy (non-hydrogen) atoms. The molecule has 0 N–H and O–H groups in total. The third-order valence-electron chi connectivity index (χ3n) is 5.62. The number of furan rings is 1. The van der Waals surface area contributed by atoms with Crippen LogP contribution in [0.15, 0.2) is 59.2 Å². The van der Waals surface area contributed by atoms with Crippen molar-refractivity contribution in [3.05, 3.63) is 83.2 Å². The third-order valence-corrected chi connectivity index (χ3v) is 5.62. The van der Waals surface area contributed by atoms with Gasteiger partial charge in [0, 0.05) is 37.4 Å². The summed E-state index contributed by atoms with van der Waals surface area (Å²) in [6, 6.07) is 12.4. The Kier molecular flexibility index (Phi) is 6.35. The molecule has 0 spiro atoms. The first-order valence-electron chi connectivity index (χ1n) is 10.4. The summed E-state index contributed by atoms with van der Waals surface area (Å²) in [5.74, 6) is -0.285. The molecule has 0 fully saturated rings. The summed E-state index contributed by atoms with van der Waals surface area (Å²) in [6.45, 7) is 0.519. The normalized spacial score (nSPS) is 11.1. The molecule has 4 aromatic rings. The Bertz CT molecular complexity index is 1300. The van der Waals surface area contributed by atoms with E-state index in [1.165, 1.54) is 18.4 Å². The number of carbonyl (C=O) groups excluding carboxylic acids is 1. The second-order valence-electron chi connectivity index (χ2n) is 7.69. The van der Waals surface area contributed by atoms with Crippen molar-refractivity contribution in [2.24, 2.45) is 0 Å². The van der Waals surface area contributed by atoms with Crippen LogP contribution in [0.2, 0.25) is 0 Å². The molecule has 0 atom stereocenters. The zero-order chi connectivity index (χ0) is 23.5. The summed E-state index contributed by atoms with van der Waals surface area (Å²) >= 11 is 0. The van der Waals surface area contributed by atoms with E-state index in [2.05, 4.69) is 0 Å². The fraction of sp³-hybridized carbons (Fsp3) is 0.240. The van der Waals surface area contributed by atoms with E-state index in [4.69, 9.17) is 13.9 Å². The lowest BCUT2D eigenvalue weighted by atomic mass is 10.1. The predicted molar refractivity (Wildman–Crippen MR) is 120 cm³/mol. The highest BCUT2D eigenvalue weighted by Crippen LogP contribution is 2.28. The molecule has 0 aliphatic rings. The van der Waals surface area contributed by atoms with Crippen LogP contribution < -0.4 is 9.47 Å². The first kappa shape index (κ1) is 22.4.